The Hall–Kier alpha value is -1.80. The Kier molecular flexibility index (Phi) is 5.82. The lowest BCUT2D eigenvalue weighted by Crippen LogP contribution is -2.11. The van der Waals surface area contributed by atoms with Gasteiger partial charge in [0.05, 0.1) is 0 Å². The second-order valence-electron chi connectivity index (χ2n) is 4.86. The Labute approximate surface area is 128 Å². The van der Waals surface area contributed by atoms with E-state index in [2.05, 4.69) is 38.9 Å². The van der Waals surface area contributed by atoms with Crippen molar-refractivity contribution in [2.24, 2.45) is 0 Å². The minimum absolute atomic E-state index is 0.211. The summed E-state index contributed by atoms with van der Waals surface area (Å²) in [5.74, 6) is 7.43. The quantitative estimate of drug-likeness (QED) is 0.489. The zero-order valence-corrected chi connectivity index (χ0v) is 12.9. The van der Waals surface area contributed by atoms with Gasteiger partial charge in [-0.15, -0.1) is 11.6 Å². The summed E-state index contributed by atoms with van der Waals surface area (Å²) in [7, 11) is 0. The highest BCUT2D eigenvalue weighted by molar-refractivity contribution is 6.17. The van der Waals surface area contributed by atoms with Crippen molar-refractivity contribution in [2.45, 2.75) is 45.4 Å². The van der Waals surface area contributed by atoms with Crippen LogP contribution in [0.15, 0.2) is 4.79 Å². The summed E-state index contributed by atoms with van der Waals surface area (Å²) in [6, 6.07) is 0. The fourth-order valence-corrected chi connectivity index (χ4v) is 2.15. The molecule has 112 valence electrons. The molecule has 0 saturated carbocycles. The van der Waals surface area contributed by atoms with Gasteiger partial charge in [0, 0.05) is 18.7 Å². The van der Waals surface area contributed by atoms with E-state index < -0.39 is 0 Å². The number of halogens is 1. The molecule has 2 N–H and O–H groups in total. The van der Waals surface area contributed by atoms with Crippen LogP contribution >= 0.6 is 11.6 Å². The third-order valence-electron chi connectivity index (χ3n) is 3.13. The molecule has 0 aliphatic heterocycles. The van der Waals surface area contributed by atoms with Crippen LogP contribution in [-0.2, 0) is 6.42 Å². The first-order valence-corrected chi connectivity index (χ1v) is 7.81. The fraction of sp³-hybridized carbons (Fsp3) is 0.533. The van der Waals surface area contributed by atoms with Crippen LogP contribution in [0.1, 0.15) is 50.5 Å². The smallest absolute Gasteiger partial charge is 0.279 e. The number of alkyl halides is 1. The van der Waals surface area contributed by atoms with Gasteiger partial charge < -0.3 is 4.98 Å². The van der Waals surface area contributed by atoms with Crippen molar-refractivity contribution >= 4 is 22.6 Å². The Morgan fingerprint density at radius 3 is 2.86 bits per heavy atom. The molecule has 0 amide bonds. The molecule has 0 saturated heterocycles. The summed E-state index contributed by atoms with van der Waals surface area (Å²) >= 11 is 5.62. The van der Waals surface area contributed by atoms with Gasteiger partial charge in [0.25, 0.3) is 5.56 Å². The molecule has 2 heterocycles. The Morgan fingerprint density at radius 2 is 2.10 bits per heavy atom. The maximum atomic E-state index is 12.0. The van der Waals surface area contributed by atoms with Crippen molar-refractivity contribution < 1.29 is 0 Å². The van der Waals surface area contributed by atoms with Crippen LogP contribution in [0.3, 0.4) is 0 Å². The van der Waals surface area contributed by atoms with Gasteiger partial charge in [0.15, 0.2) is 5.52 Å². The molecular weight excluding hydrogens is 288 g/mol. The van der Waals surface area contributed by atoms with Crippen LogP contribution in [0.2, 0.25) is 0 Å². The van der Waals surface area contributed by atoms with Crippen LogP contribution in [0.4, 0.5) is 0 Å². The molecule has 0 atom stereocenters. The highest BCUT2D eigenvalue weighted by Gasteiger charge is 2.10. The number of nitrogens with one attached hydrogen (secondary N) is 2. The predicted octanol–water partition coefficient (Wildman–Crippen LogP) is 2.75. The molecule has 0 radical (unpaired) electrons. The third kappa shape index (κ3) is 4.08. The van der Waals surface area contributed by atoms with Crippen LogP contribution in [0.5, 0.6) is 0 Å². The van der Waals surface area contributed by atoms with E-state index in [9.17, 15) is 4.79 Å². The Balaban J connectivity index is 2.24. The van der Waals surface area contributed by atoms with Crippen LogP contribution in [0.25, 0.3) is 11.0 Å². The van der Waals surface area contributed by atoms with Crippen LogP contribution in [-0.4, -0.2) is 26.0 Å². The third-order valence-corrected chi connectivity index (χ3v) is 3.39. The zero-order valence-electron chi connectivity index (χ0n) is 12.1. The molecule has 5 nitrogen and oxygen atoms in total. The number of fused-ring (bicyclic) bond motifs is 1. The van der Waals surface area contributed by atoms with Crippen LogP contribution in [0, 0.1) is 11.8 Å². The molecule has 21 heavy (non-hydrogen) atoms. The lowest BCUT2D eigenvalue weighted by atomic mass is 10.2. The van der Waals surface area contributed by atoms with Crippen molar-refractivity contribution in [1.82, 2.24) is 20.2 Å². The molecule has 6 heteroatoms. The monoisotopic (exact) mass is 306 g/mol. The van der Waals surface area contributed by atoms with E-state index in [1.165, 1.54) is 0 Å². The fourth-order valence-electron chi connectivity index (χ4n) is 1.96. The predicted molar refractivity (Wildman–Crippen MR) is 84.6 cm³/mol. The number of aromatic amines is 2. The molecule has 0 fully saturated rings. The maximum Gasteiger partial charge on any atom is 0.279 e. The van der Waals surface area contributed by atoms with E-state index in [1.54, 1.807) is 0 Å². The molecule has 2 rings (SSSR count). The minimum Gasteiger partial charge on any atom is -0.309 e. The summed E-state index contributed by atoms with van der Waals surface area (Å²) in [6.45, 7) is 2.10. The number of hydrogen-bond acceptors (Lipinski definition) is 3. The van der Waals surface area contributed by atoms with Gasteiger partial charge in [0.1, 0.15) is 17.0 Å². The molecular formula is C15H19ClN4O. The number of aryl methyl sites for hydroxylation is 1. The van der Waals surface area contributed by atoms with Gasteiger partial charge in [0.2, 0.25) is 0 Å². The molecule has 0 aliphatic rings. The van der Waals surface area contributed by atoms with Gasteiger partial charge >= 0.3 is 0 Å². The van der Waals surface area contributed by atoms with Crippen molar-refractivity contribution in [3.05, 3.63) is 21.9 Å². The first-order chi connectivity index (χ1) is 10.3. The molecule has 2 aromatic heterocycles. The first kappa shape index (κ1) is 15.6. The summed E-state index contributed by atoms with van der Waals surface area (Å²) in [5.41, 5.74) is 1.28. The van der Waals surface area contributed by atoms with Crippen molar-refractivity contribution in [3.63, 3.8) is 0 Å². The van der Waals surface area contributed by atoms with Crippen molar-refractivity contribution in [3.8, 4) is 11.8 Å². The second kappa shape index (κ2) is 7.84. The average Bonchev–Trinajstić information content (AvgIpc) is 2.89. The zero-order chi connectivity index (χ0) is 15.1. The molecule has 0 aliphatic carbocycles. The normalized spacial score (nSPS) is 10.6. The van der Waals surface area contributed by atoms with E-state index in [4.69, 9.17) is 11.6 Å². The van der Waals surface area contributed by atoms with Gasteiger partial charge in [-0.2, -0.15) is 5.10 Å². The number of hydrogen-bond donors (Lipinski definition) is 2. The molecule has 0 unspecified atom stereocenters. The second-order valence-corrected chi connectivity index (χ2v) is 5.24. The number of nitrogens with zero attached hydrogens (tertiary/aromatic N) is 2. The van der Waals surface area contributed by atoms with E-state index in [-0.39, 0.29) is 5.56 Å². The summed E-state index contributed by atoms with van der Waals surface area (Å²) in [4.78, 5) is 19.2. The number of H-pyrrole nitrogens is 2. The van der Waals surface area contributed by atoms with Crippen molar-refractivity contribution in [2.75, 3.05) is 5.88 Å². The van der Waals surface area contributed by atoms with Gasteiger partial charge in [-0.25, -0.2) is 4.98 Å². The Morgan fingerprint density at radius 1 is 1.24 bits per heavy atom. The highest BCUT2D eigenvalue weighted by Crippen LogP contribution is 2.09. The van der Waals surface area contributed by atoms with Crippen LogP contribution < -0.4 is 5.56 Å². The van der Waals surface area contributed by atoms with Gasteiger partial charge in [-0.1, -0.05) is 19.3 Å². The minimum atomic E-state index is -0.211. The molecule has 0 bridgehead atoms. The average molecular weight is 307 g/mol. The largest absolute Gasteiger partial charge is 0.309 e. The van der Waals surface area contributed by atoms with Crippen molar-refractivity contribution in [1.29, 1.82) is 0 Å². The number of unbranched alkanes of at least 4 members (excludes halogenated alkanes) is 3. The maximum absolute atomic E-state index is 12.0. The molecule has 0 spiro atoms. The first-order valence-electron chi connectivity index (χ1n) is 7.28. The standard InChI is InChI=1S/C15H19ClN4O/c1-2-3-9-12-17-13-11(8-6-4-5-7-10-16)19-20-14(13)15(21)18-12/h2-5,7,9-10H2,1H3,(H,19,20)(H,17,18,21). The lowest BCUT2D eigenvalue weighted by molar-refractivity contribution is 0.753. The molecule has 2 aromatic rings. The van der Waals surface area contributed by atoms with E-state index in [0.29, 0.717) is 28.4 Å². The number of rotatable bonds is 6. The highest BCUT2D eigenvalue weighted by atomic mass is 35.5. The SMILES string of the molecule is CCCCc1nc2c(C#CCCCCCl)[nH]nc2c(=O)[nH]1. The van der Waals surface area contributed by atoms with E-state index >= 15 is 0 Å². The van der Waals surface area contributed by atoms with Gasteiger partial charge in [-0.3, -0.25) is 9.89 Å². The number of aromatic nitrogens is 4. The molecule has 0 aromatic carbocycles. The Bertz CT molecular complexity index is 708. The van der Waals surface area contributed by atoms with E-state index in [1.807, 2.05) is 0 Å². The summed E-state index contributed by atoms with van der Waals surface area (Å²) in [6.07, 6.45) is 5.51. The summed E-state index contributed by atoms with van der Waals surface area (Å²) in [5, 5.41) is 6.80. The van der Waals surface area contributed by atoms with Gasteiger partial charge in [-0.05, 0) is 25.2 Å². The summed E-state index contributed by atoms with van der Waals surface area (Å²) < 4.78 is 0. The lowest BCUT2D eigenvalue weighted by Gasteiger charge is -1.98. The topological polar surface area (TPSA) is 74.4 Å². The van der Waals surface area contributed by atoms with E-state index in [0.717, 1.165) is 38.5 Å².